The van der Waals surface area contributed by atoms with E-state index in [0.29, 0.717) is 5.56 Å². The average molecular weight is 236 g/mol. The smallest absolute Gasteiger partial charge is 0.364 e. The number of halogens is 3. The van der Waals surface area contributed by atoms with Gasteiger partial charge in [0, 0.05) is 19.7 Å². The molecule has 0 aliphatic carbocycles. The molecule has 90 valence electrons. The first-order valence-corrected chi connectivity index (χ1v) is 4.50. The lowest BCUT2D eigenvalue weighted by Gasteiger charge is -2.06. The second kappa shape index (κ2) is 5.11. The van der Waals surface area contributed by atoms with Gasteiger partial charge in [0.25, 0.3) is 0 Å². The highest BCUT2D eigenvalue weighted by Gasteiger charge is 2.27. The molecule has 0 saturated heterocycles. The Hall–Kier alpha value is -1.37. The van der Waals surface area contributed by atoms with E-state index in [-0.39, 0.29) is 6.42 Å². The zero-order chi connectivity index (χ0) is 12.2. The summed E-state index contributed by atoms with van der Waals surface area (Å²) in [4.78, 5) is 11.2. The van der Waals surface area contributed by atoms with Crippen molar-refractivity contribution in [2.45, 2.75) is 12.6 Å². The Balaban J connectivity index is 2.26. The summed E-state index contributed by atoms with van der Waals surface area (Å²) in [5.41, 5.74) is 0.656. The molecule has 7 heteroatoms. The van der Waals surface area contributed by atoms with Gasteiger partial charge >= 0.3 is 6.18 Å². The Bertz CT molecular complexity index is 360. The van der Waals surface area contributed by atoms with Crippen LogP contribution in [0.15, 0.2) is 12.4 Å². The lowest BCUT2D eigenvalue weighted by Crippen LogP contribution is -2.21. The zero-order valence-corrected chi connectivity index (χ0v) is 8.62. The maximum atomic E-state index is 11.7. The molecule has 1 rings (SSSR count). The van der Waals surface area contributed by atoms with Crippen LogP contribution < -0.4 is 0 Å². The van der Waals surface area contributed by atoms with Crippen molar-refractivity contribution >= 4 is 5.78 Å². The molecule has 0 atom stereocenters. The monoisotopic (exact) mass is 236 g/mol. The van der Waals surface area contributed by atoms with Crippen molar-refractivity contribution in [2.24, 2.45) is 7.05 Å². The number of aryl methyl sites for hydroxylation is 1. The molecule has 0 aliphatic rings. The molecule has 1 aromatic rings. The molecule has 0 saturated carbocycles. The standard InChI is InChI=1S/C9H11F3N2O2/c1-14-4-7(3-13-14)2-8(15)5-16-6-9(10,11)12/h3-4H,2,5-6H2,1H3. The number of carbonyl (C=O) groups is 1. The molecule has 1 heterocycles. The van der Waals surface area contributed by atoms with E-state index >= 15 is 0 Å². The largest absolute Gasteiger partial charge is 0.411 e. The number of carbonyl (C=O) groups excluding carboxylic acids is 1. The predicted octanol–water partition coefficient (Wildman–Crippen LogP) is 1.11. The van der Waals surface area contributed by atoms with Gasteiger partial charge in [0.15, 0.2) is 5.78 Å². The second-order valence-electron chi connectivity index (χ2n) is 3.35. The van der Waals surface area contributed by atoms with Gasteiger partial charge in [-0.05, 0) is 5.56 Å². The second-order valence-corrected chi connectivity index (χ2v) is 3.35. The Morgan fingerprint density at radius 3 is 2.75 bits per heavy atom. The van der Waals surface area contributed by atoms with Gasteiger partial charge < -0.3 is 4.74 Å². The van der Waals surface area contributed by atoms with Crippen molar-refractivity contribution in [1.82, 2.24) is 9.78 Å². The third-order valence-corrected chi connectivity index (χ3v) is 1.69. The number of hydrogen-bond donors (Lipinski definition) is 0. The Morgan fingerprint density at radius 2 is 2.25 bits per heavy atom. The molecule has 4 nitrogen and oxygen atoms in total. The van der Waals surface area contributed by atoms with Crippen molar-refractivity contribution in [1.29, 1.82) is 0 Å². The summed E-state index contributed by atoms with van der Waals surface area (Å²) in [5, 5.41) is 3.83. The van der Waals surface area contributed by atoms with Gasteiger partial charge in [-0.1, -0.05) is 0 Å². The molecule has 1 aromatic heterocycles. The van der Waals surface area contributed by atoms with Crippen molar-refractivity contribution in [3.8, 4) is 0 Å². The van der Waals surface area contributed by atoms with Gasteiger partial charge in [-0.3, -0.25) is 9.48 Å². The van der Waals surface area contributed by atoms with E-state index < -0.39 is 25.2 Å². The van der Waals surface area contributed by atoms with Crippen LogP contribution >= 0.6 is 0 Å². The minimum atomic E-state index is -4.39. The normalized spacial score (nSPS) is 11.8. The van der Waals surface area contributed by atoms with E-state index in [1.54, 1.807) is 13.2 Å². The average Bonchev–Trinajstić information content (AvgIpc) is 2.48. The summed E-state index contributed by atoms with van der Waals surface area (Å²) in [7, 11) is 1.69. The molecule has 0 unspecified atom stereocenters. The number of ether oxygens (including phenoxy) is 1. The number of rotatable bonds is 5. The fraction of sp³-hybridized carbons (Fsp3) is 0.556. The van der Waals surface area contributed by atoms with Gasteiger partial charge in [-0.25, -0.2) is 0 Å². The predicted molar refractivity (Wildman–Crippen MR) is 48.8 cm³/mol. The number of aromatic nitrogens is 2. The summed E-state index contributed by atoms with van der Waals surface area (Å²) in [6.07, 6.45) is -1.25. The molecule has 16 heavy (non-hydrogen) atoms. The maximum absolute atomic E-state index is 11.7. The third-order valence-electron chi connectivity index (χ3n) is 1.69. The first-order valence-electron chi connectivity index (χ1n) is 4.50. The van der Waals surface area contributed by atoms with E-state index in [4.69, 9.17) is 0 Å². The molecule has 0 aliphatic heterocycles. The summed E-state index contributed by atoms with van der Waals surface area (Å²) in [6, 6.07) is 0. The number of hydrogen-bond acceptors (Lipinski definition) is 3. The molecular weight excluding hydrogens is 225 g/mol. The summed E-state index contributed by atoms with van der Waals surface area (Å²) in [5.74, 6) is -0.405. The topological polar surface area (TPSA) is 44.1 Å². The number of nitrogens with zero attached hydrogens (tertiary/aromatic N) is 2. The van der Waals surface area contributed by atoms with E-state index in [1.165, 1.54) is 10.9 Å². The minimum absolute atomic E-state index is 0.0334. The van der Waals surface area contributed by atoms with Crippen LogP contribution in [0.25, 0.3) is 0 Å². The van der Waals surface area contributed by atoms with Crippen LogP contribution in [0.5, 0.6) is 0 Å². The van der Waals surface area contributed by atoms with Crippen LogP contribution in [0.4, 0.5) is 13.2 Å². The van der Waals surface area contributed by atoms with Gasteiger partial charge in [0.1, 0.15) is 13.2 Å². The number of ketones is 1. The van der Waals surface area contributed by atoms with Gasteiger partial charge in [-0.15, -0.1) is 0 Å². The molecule has 0 N–H and O–H groups in total. The summed E-state index contributed by atoms with van der Waals surface area (Å²) >= 11 is 0. The molecule has 0 radical (unpaired) electrons. The lowest BCUT2D eigenvalue weighted by molar-refractivity contribution is -0.175. The number of Topliss-reactive ketones (excluding diaryl/α,β-unsaturated/α-hetero) is 1. The zero-order valence-electron chi connectivity index (χ0n) is 8.62. The van der Waals surface area contributed by atoms with Crippen molar-refractivity contribution in [3.05, 3.63) is 18.0 Å². The van der Waals surface area contributed by atoms with E-state index in [9.17, 15) is 18.0 Å². The van der Waals surface area contributed by atoms with Gasteiger partial charge in [0.2, 0.25) is 0 Å². The van der Waals surface area contributed by atoms with Crippen LogP contribution in [-0.2, 0) is 23.0 Å². The molecule has 0 aromatic carbocycles. The first-order chi connectivity index (χ1) is 7.37. The minimum Gasteiger partial charge on any atom is -0.364 e. The fourth-order valence-electron chi connectivity index (χ4n) is 1.12. The molecule has 0 spiro atoms. The highest BCUT2D eigenvalue weighted by atomic mass is 19.4. The van der Waals surface area contributed by atoms with Crippen LogP contribution in [0.3, 0.4) is 0 Å². The Labute approximate surface area is 90.0 Å². The Kier molecular flexibility index (Phi) is 4.05. The highest BCUT2D eigenvalue weighted by molar-refractivity contribution is 5.81. The fourth-order valence-corrected chi connectivity index (χ4v) is 1.12. The lowest BCUT2D eigenvalue weighted by atomic mass is 10.2. The van der Waals surface area contributed by atoms with E-state index in [0.717, 1.165) is 0 Å². The van der Waals surface area contributed by atoms with Gasteiger partial charge in [0.05, 0.1) is 6.20 Å². The highest BCUT2D eigenvalue weighted by Crippen LogP contribution is 2.14. The van der Waals surface area contributed by atoms with Crippen LogP contribution in [0.2, 0.25) is 0 Å². The molecule has 0 bridgehead atoms. The molecular formula is C9H11F3N2O2. The number of alkyl halides is 3. The SMILES string of the molecule is Cn1cc(CC(=O)COCC(F)(F)F)cn1. The van der Waals surface area contributed by atoms with Crippen molar-refractivity contribution < 1.29 is 22.7 Å². The molecule has 0 fully saturated rings. The van der Waals surface area contributed by atoms with Crippen molar-refractivity contribution in [2.75, 3.05) is 13.2 Å². The third kappa shape index (κ3) is 4.92. The Morgan fingerprint density at radius 1 is 1.56 bits per heavy atom. The summed E-state index contributed by atoms with van der Waals surface area (Å²) in [6.45, 7) is -1.93. The maximum Gasteiger partial charge on any atom is 0.411 e. The molecule has 0 amide bonds. The summed E-state index contributed by atoms with van der Waals surface area (Å²) < 4.78 is 40.8. The van der Waals surface area contributed by atoms with Crippen LogP contribution in [0, 0.1) is 0 Å². The van der Waals surface area contributed by atoms with Crippen LogP contribution in [0.1, 0.15) is 5.56 Å². The van der Waals surface area contributed by atoms with Crippen LogP contribution in [-0.4, -0.2) is 35.0 Å². The van der Waals surface area contributed by atoms with Gasteiger partial charge in [-0.2, -0.15) is 18.3 Å². The van der Waals surface area contributed by atoms with E-state index in [1.807, 2.05) is 0 Å². The first kappa shape index (κ1) is 12.7. The van der Waals surface area contributed by atoms with Crippen molar-refractivity contribution in [3.63, 3.8) is 0 Å². The van der Waals surface area contributed by atoms with E-state index in [2.05, 4.69) is 9.84 Å². The quantitative estimate of drug-likeness (QED) is 0.769.